The number of hydrogen-bond acceptors (Lipinski definition) is 6. The van der Waals surface area contributed by atoms with Gasteiger partial charge in [0.25, 0.3) is 6.47 Å². The number of fused-ring (bicyclic) bond motifs is 1. The Kier molecular flexibility index (Phi) is 3.26. The topological polar surface area (TPSA) is 83.2 Å². The van der Waals surface area contributed by atoms with E-state index in [1.54, 1.807) is 24.3 Å². The van der Waals surface area contributed by atoms with Crippen LogP contribution in [0.25, 0.3) is 20.8 Å². The molecule has 21 heavy (non-hydrogen) atoms. The molecule has 1 aromatic heterocycles. The van der Waals surface area contributed by atoms with Crippen LogP contribution in [-0.2, 0) is 4.79 Å². The first-order valence-corrected chi connectivity index (χ1v) is 6.78. The molecule has 0 spiro atoms. The Morgan fingerprint density at radius 3 is 2.67 bits per heavy atom. The summed E-state index contributed by atoms with van der Waals surface area (Å²) in [6.45, 7) is 0.326. The Balaban J connectivity index is 2.15. The number of hydrogen-bond donors (Lipinski definition) is 1. The van der Waals surface area contributed by atoms with E-state index in [0.29, 0.717) is 33.0 Å². The summed E-state index contributed by atoms with van der Waals surface area (Å²) in [7, 11) is 0. The summed E-state index contributed by atoms with van der Waals surface area (Å²) in [6, 6.07) is 12.0. The Labute approximate surface area is 123 Å². The molecule has 0 aliphatic heterocycles. The normalized spacial score (nSPS) is 10.2. The highest BCUT2D eigenvalue weighted by atomic mass is 32.1. The van der Waals surface area contributed by atoms with Crippen molar-refractivity contribution in [3.63, 3.8) is 0 Å². The van der Waals surface area contributed by atoms with Gasteiger partial charge in [0.15, 0.2) is 5.75 Å². The number of ether oxygens (including phenoxy) is 1. The number of nitrogens with zero attached hydrogens (tertiary/aromatic N) is 2. The van der Waals surface area contributed by atoms with E-state index < -0.39 is 0 Å². The third-order valence-electron chi connectivity index (χ3n) is 2.92. The van der Waals surface area contributed by atoms with E-state index in [9.17, 15) is 9.90 Å². The lowest BCUT2D eigenvalue weighted by molar-refractivity contribution is -0.120. The number of rotatable bonds is 3. The molecule has 3 aromatic rings. The van der Waals surface area contributed by atoms with Crippen molar-refractivity contribution in [1.29, 1.82) is 5.26 Å². The molecule has 0 saturated heterocycles. The van der Waals surface area contributed by atoms with Crippen molar-refractivity contribution in [2.75, 3.05) is 0 Å². The van der Waals surface area contributed by atoms with Gasteiger partial charge in [-0.25, -0.2) is 4.98 Å². The molecule has 0 atom stereocenters. The van der Waals surface area contributed by atoms with Gasteiger partial charge in [-0.3, -0.25) is 4.79 Å². The van der Waals surface area contributed by atoms with Gasteiger partial charge in [0, 0.05) is 5.56 Å². The first kappa shape index (κ1) is 13.1. The third-order valence-corrected chi connectivity index (χ3v) is 4.05. The summed E-state index contributed by atoms with van der Waals surface area (Å²) < 4.78 is 5.42. The lowest BCUT2D eigenvalue weighted by atomic mass is 10.1. The van der Waals surface area contributed by atoms with Crippen molar-refractivity contribution >= 4 is 28.0 Å². The van der Waals surface area contributed by atoms with Gasteiger partial charge in [-0.05, 0) is 24.3 Å². The Bertz CT molecular complexity index is 863. The van der Waals surface area contributed by atoms with E-state index >= 15 is 0 Å². The molecule has 3 rings (SSSR count). The zero-order valence-corrected chi connectivity index (χ0v) is 11.4. The number of benzene rings is 2. The van der Waals surface area contributed by atoms with Crippen LogP contribution in [0.3, 0.4) is 0 Å². The Morgan fingerprint density at radius 2 is 2.00 bits per heavy atom. The molecule has 0 radical (unpaired) electrons. The molecule has 0 aliphatic rings. The largest absolute Gasteiger partial charge is 0.506 e. The monoisotopic (exact) mass is 296 g/mol. The zero-order chi connectivity index (χ0) is 14.8. The number of phenolic OH excluding ortho intramolecular Hbond substituents is 1. The lowest BCUT2D eigenvalue weighted by Crippen LogP contribution is -1.89. The molecule has 0 unspecified atom stereocenters. The smallest absolute Gasteiger partial charge is 0.298 e. The average Bonchev–Trinajstić information content (AvgIpc) is 2.97. The van der Waals surface area contributed by atoms with Crippen LogP contribution in [0.15, 0.2) is 36.4 Å². The summed E-state index contributed by atoms with van der Waals surface area (Å²) in [5.41, 5.74) is 1.82. The number of nitriles is 1. The number of thiazole rings is 1. The molecule has 1 N–H and O–H groups in total. The van der Waals surface area contributed by atoms with E-state index in [-0.39, 0.29) is 5.75 Å². The minimum absolute atomic E-state index is 0.0839. The highest BCUT2D eigenvalue weighted by molar-refractivity contribution is 7.22. The van der Waals surface area contributed by atoms with Gasteiger partial charge < -0.3 is 9.84 Å². The second kappa shape index (κ2) is 5.23. The number of carbonyl (C=O) groups is 1. The minimum atomic E-state index is 0.0839. The molecule has 0 bridgehead atoms. The first-order chi connectivity index (χ1) is 10.2. The van der Waals surface area contributed by atoms with Crippen molar-refractivity contribution in [3.05, 3.63) is 42.0 Å². The van der Waals surface area contributed by atoms with Gasteiger partial charge in [0.05, 0.1) is 11.6 Å². The maximum absolute atomic E-state index is 10.5. The van der Waals surface area contributed by atoms with Crippen LogP contribution in [-0.4, -0.2) is 16.6 Å². The van der Waals surface area contributed by atoms with Gasteiger partial charge in [-0.2, -0.15) is 5.26 Å². The SMILES string of the molecule is N#Cc1ccc(-c2nc3c(OC=O)ccc(O)c3s2)cc1. The molecular weight excluding hydrogens is 288 g/mol. The molecule has 0 aliphatic carbocycles. The van der Waals surface area contributed by atoms with Crippen LogP contribution < -0.4 is 4.74 Å². The molecule has 2 aromatic carbocycles. The predicted octanol–water partition coefficient (Wildman–Crippen LogP) is 3.08. The quantitative estimate of drug-likeness (QED) is 0.751. The molecule has 6 heteroatoms. The summed E-state index contributed by atoms with van der Waals surface area (Å²) in [5.74, 6) is 0.384. The van der Waals surface area contributed by atoms with Gasteiger partial charge in [0.2, 0.25) is 0 Å². The van der Waals surface area contributed by atoms with Crippen LogP contribution >= 0.6 is 11.3 Å². The van der Waals surface area contributed by atoms with Crippen molar-refractivity contribution in [2.24, 2.45) is 0 Å². The van der Waals surface area contributed by atoms with E-state index in [0.717, 1.165) is 5.56 Å². The maximum Gasteiger partial charge on any atom is 0.298 e. The highest BCUT2D eigenvalue weighted by Crippen LogP contribution is 2.39. The summed E-state index contributed by atoms with van der Waals surface area (Å²) in [4.78, 5) is 14.9. The van der Waals surface area contributed by atoms with Crippen LogP contribution in [0, 0.1) is 11.3 Å². The van der Waals surface area contributed by atoms with Gasteiger partial charge in [0.1, 0.15) is 21.0 Å². The van der Waals surface area contributed by atoms with Crippen molar-refractivity contribution < 1.29 is 14.6 Å². The Morgan fingerprint density at radius 1 is 1.24 bits per heavy atom. The van der Waals surface area contributed by atoms with Crippen LogP contribution in [0.1, 0.15) is 5.56 Å². The molecule has 0 amide bonds. The standard InChI is InChI=1S/C15H8N2O3S/c16-7-9-1-3-10(4-2-9)15-17-13-12(20-8-18)6-5-11(19)14(13)21-15/h1-6,8,19H. The summed E-state index contributed by atoms with van der Waals surface area (Å²) in [6.07, 6.45) is 0. The number of phenols is 1. The number of aromatic hydroxyl groups is 1. The second-order valence-electron chi connectivity index (χ2n) is 4.18. The second-order valence-corrected chi connectivity index (χ2v) is 5.18. The molecule has 0 saturated carbocycles. The molecule has 0 fully saturated rings. The summed E-state index contributed by atoms with van der Waals surface area (Å²) >= 11 is 1.29. The molecule has 1 heterocycles. The van der Waals surface area contributed by atoms with Crippen LogP contribution in [0.5, 0.6) is 11.5 Å². The zero-order valence-electron chi connectivity index (χ0n) is 10.6. The van der Waals surface area contributed by atoms with E-state index in [4.69, 9.17) is 10.00 Å². The van der Waals surface area contributed by atoms with E-state index in [2.05, 4.69) is 11.1 Å². The minimum Gasteiger partial charge on any atom is -0.506 e. The highest BCUT2D eigenvalue weighted by Gasteiger charge is 2.14. The van der Waals surface area contributed by atoms with Crippen LogP contribution in [0.4, 0.5) is 0 Å². The average molecular weight is 296 g/mol. The fraction of sp³-hybridized carbons (Fsp3) is 0. The van der Waals surface area contributed by atoms with Crippen molar-refractivity contribution in [1.82, 2.24) is 4.98 Å². The third kappa shape index (κ3) is 2.30. The molecular formula is C15H8N2O3S. The Hall–Kier alpha value is -2.91. The fourth-order valence-corrected chi connectivity index (χ4v) is 2.93. The number of carbonyl (C=O) groups excluding carboxylic acids is 1. The van der Waals surface area contributed by atoms with Gasteiger partial charge in [-0.15, -0.1) is 11.3 Å². The van der Waals surface area contributed by atoms with Gasteiger partial charge in [-0.1, -0.05) is 12.1 Å². The number of aromatic nitrogens is 1. The fourth-order valence-electron chi connectivity index (χ4n) is 1.93. The van der Waals surface area contributed by atoms with Crippen molar-refractivity contribution in [3.8, 4) is 28.1 Å². The van der Waals surface area contributed by atoms with Crippen molar-refractivity contribution in [2.45, 2.75) is 0 Å². The molecule has 5 nitrogen and oxygen atoms in total. The van der Waals surface area contributed by atoms with Gasteiger partial charge >= 0.3 is 0 Å². The van der Waals surface area contributed by atoms with E-state index in [1.807, 2.05) is 0 Å². The lowest BCUT2D eigenvalue weighted by Gasteiger charge is -1.99. The summed E-state index contributed by atoms with van der Waals surface area (Å²) in [5, 5.41) is 19.4. The predicted molar refractivity (Wildman–Crippen MR) is 78.1 cm³/mol. The maximum atomic E-state index is 10.5. The molecule has 102 valence electrons. The van der Waals surface area contributed by atoms with E-state index in [1.165, 1.54) is 23.5 Å². The first-order valence-electron chi connectivity index (χ1n) is 5.96. The van der Waals surface area contributed by atoms with Crippen LogP contribution in [0.2, 0.25) is 0 Å².